The zero-order valence-corrected chi connectivity index (χ0v) is 19.9. The Kier molecular flexibility index (Phi) is 4.65. The van der Waals surface area contributed by atoms with Crippen molar-refractivity contribution in [2.45, 2.75) is 62.6 Å². The number of rotatable bonds is 3. The summed E-state index contributed by atoms with van der Waals surface area (Å²) in [6.45, 7) is 7.11. The van der Waals surface area contributed by atoms with E-state index in [4.69, 9.17) is 16.3 Å². The van der Waals surface area contributed by atoms with Crippen LogP contribution in [0.2, 0.25) is 5.02 Å². The Morgan fingerprint density at radius 2 is 2.10 bits per heavy atom. The summed E-state index contributed by atoms with van der Waals surface area (Å²) in [7, 11) is 0. The molecule has 2 N–H and O–H groups in total. The van der Waals surface area contributed by atoms with Gasteiger partial charge in [-0.1, -0.05) is 35.5 Å². The lowest BCUT2D eigenvalue weighted by Crippen LogP contribution is -2.40. The zero-order chi connectivity index (χ0) is 21.3. The third-order valence-electron chi connectivity index (χ3n) is 5.90. The second-order valence-electron chi connectivity index (χ2n) is 8.77. The van der Waals surface area contributed by atoms with Crippen LogP contribution in [0.25, 0.3) is 5.00 Å². The maximum atomic E-state index is 6.12. The molecule has 0 spiro atoms. The van der Waals surface area contributed by atoms with E-state index in [9.17, 15) is 0 Å². The lowest BCUT2D eigenvalue weighted by atomic mass is 9.92. The molecule has 2 aromatic heterocycles. The van der Waals surface area contributed by atoms with E-state index in [2.05, 4.69) is 63.4 Å². The third-order valence-corrected chi connectivity index (χ3v) is 8.36. The highest BCUT2D eigenvalue weighted by molar-refractivity contribution is 7.98. The van der Waals surface area contributed by atoms with Crippen molar-refractivity contribution >= 4 is 40.6 Å². The fourth-order valence-corrected chi connectivity index (χ4v) is 6.78. The number of thioether (sulfide) groups is 1. The van der Waals surface area contributed by atoms with Gasteiger partial charge in [-0.2, -0.15) is 0 Å². The van der Waals surface area contributed by atoms with Gasteiger partial charge in [-0.15, -0.1) is 21.5 Å². The number of benzene rings is 1. The van der Waals surface area contributed by atoms with Crippen LogP contribution in [0.5, 0.6) is 0 Å². The summed E-state index contributed by atoms with van der Waals surface area (Å²) >= 11 is 9.53. The second-order valence-corrected chi connectivity index (χ2v) is 11.2. The first-order chi connectivity index (χ1) is 14.9. The quantitative estimate of drug-likeness (QED) is 0.545. The SMILES string of the molecule is CC1NC2c3c(sc4c3CC(C)(C)OC4)-n3c(SCc4ccc(Cl)cc4)nnc3N2N1. The monoisotopic (exact) mass is 474 g/mol. The van der Waals surface area contributed by atoms with Gasteiger partial charge in [-0.25, -0.2) is 9.99 Å². The fourth-order valence-electron chi connectivity index (χ4n) is 4.44. The summed E-state index contributed by atoms with van der Waals surface area (Å²) in [5.74, 6) is 1.63. The number of fused-ring (bicyclic) bond motifs is 8. The van der Waals surface area contributed by atoms with Gasteiger partial charge >= 0.3 is 0 Å². The van der Waals surface area contributed by atoms with Gasteiger partial charge in [-0.3, -0.25) is 10.3 Å². The van der Waals surface area contributed by atoms with E-state index >= 15 is 0 Å². The predicted octanol–water partition coefficient (Wildman–Crippen LogP) is 4.40. The van der Waals surface area contributed by atoms with Crippen LogP contribution in [0, 0.1) is 0 Å². The van der Waals surface area contributed by atoms with Crippen LogP contribution in [-0.4, -0.2) is 26.5 Å². The molecule has 0 aliphatic carbocycles. The maximum Gasteiger partial charge on any atom is 0.249 e. The van der Waals surface area contributed by atoms with E-state index in [0.717, 1.165) is 28.3 Å². The molecule has 5 heterocycles. The normalized spacial score (nSPS) is 23.3. The first-order valence-electron chi connectivity index (χ1n) is 10.3. The Labute approximate surface area is 194 Å². The zero-order valence-electron chi connectivity index (χ0n) is 17.5. The molecule has 10 heteroatoms. The summed E-state index contributed by atoms with van der Waals surface area (Å²) < 4.78 is 8.32. The molecule has 1 saturated heterocycles. The van der Waals surface area contributed by atoms with Crippen molar-refractivity contribution in [2.24, 2.45) is 0 Å². The predicted molar refractivity (Wildman–Crippen MR) is 124 cm³/mol. The summed E-state index contributed by atoms with van der Waals surface area (Å²) in [6, 6.07) is 7.97. The van der Waals surface area contributed by atoms with Crippen LogP contribution in [0.15, 0.2) is 29.4 Å². The molecular formula is C21H23ClN6OS2. The molecule has 1 fully saturated rings. The van der Waals surface area contributed by atoms with Gasteiger partial charge in [0.15, 0.2) is 5.16 Å². The van der Waals surface area contributed by atoms with E-state index in [0.29, 0.717) is 6.61 Å². The maximum absolute atomic E-state index is 6.12. The van der Waals surface area contributed by atoms with Crippen molar-refractivity contribution in [3.8, 4) is 5.00 Å². The Morgan fingerprint density at radius 1 is 1.29 bits per heavy atom. The highest BCUT2D eigenvalue weighted by atomic mass is 35.5. The molecule has 3 aliphatic heterocycles. The highest BCUT2D eigenvalue weighted by Gasteiger charge is 2.45. The molecule has 162 valence electrons. The number of hydrogen-bond acceptors (Lipinski definition) is 8. The van der Waals surface area contributed by atoms with Crippen molar-refractivity contribution < 1.29 is 4.74 Å². The molecule has 31 heavy (non-hydrogen) atoms. The Morgan fingerprint density at radius 3 is 2.90 bits per heavy atom. The van der Waals surface area contributed by atoms with E-state index in [-0.39, 0.29) is 17.9 Å². The topological polar surface area (TPSA) is 67.2 Å². The first kappa shape index (κ1) is 20.0. The Bertz CT molecular complexity index is 1160. The number of halogens is 1. The molecule has 2 atom stereocenters. The summed E-state index contributed by atoms with van der Waals surface area (Å²) in [5, 5.41) is 17.8. The number of hydrazine groups is 1. The minimum absolute atomic E-state index is 0.0460. The van der Waals surface area contributed by atoms with Gasteiger partial charge in [0.25, 0.3) is 0 Å². The van der Waals surface area contributed by atoms with Gasteiger partial charge in [-0.05, 0) is 44.0 Å². The second kappa shape index (κ2) is 7.19. The smallest absolute Gasteiger partial charge is 0.249 e. The summed E-state index contributed by atoms with van der Waals surface area (Å²) in [4.78, 5) is 1.31. The van der Waals surface area contributed by atoms with Gasteiger partial charge in [0.1, 0.15) is 11.2 Å². The van der Waals surface area contributed by atoms with Crippen molar-refractivity contribution in [2.75, 3.05) is 5.01 Å². The van der Waals surface area contributed by atoms with Crippen molar-refractivity contribution in [1.82, 2.24) is 25.5 Å². The van der Waals surface area contributed by atoms with Crippen LogP contribution in [0.4, 0.5) is 5.95 Å². The van der Waals surface area contributed by atoms with Gasteiger partial charge in [0, 0.05) is 27.6 Å². The summed E-state index contributed by atoms with van der Waals surface area (Å²) in [5.41, 5.74) is 7.29. The number of anilines is 1. The Balaban J connectivity index is 1.43. The van der Waals surface area contributed by atoms with Crippen LogP contribution in [0.1, 0.15) is 48.5 Å². The minimum Gasteiger partial charge on any atom is -0.370 e. The molecule has 6 rings (SSSR count). The van der Waals surface area contributed by atoms with E-state index in [1.54, 1.807) is 23.1 Å². The van der Waals surface area contributed by atoms with Crippen molar-refractivity contribution in [3.63, 3.8) is 0 Å². The third kappa shape index (κ3) is 3.30. The molecular weight excluding hydrogens is 452 g/mol. The number of ether oxygens (including phenoxy) is 1. The number of hydrogen-bond donors (Lipinski definition) is 2. The molecule has 0 saturated carbocycles. The van der Waals surface area contributed by atoms with Crippen molar-refractivity contribution in [1.29, 1.82) is 0 Å². The van der Waals surface area contributed by atoms with E-state index in [1.165, 1.54) is 26.6 Å². The minimum atomic E-state index is -0.163. The molecule has 1 aromatic carbocycles. The lowest BCUT2D eigenvalue weighted by Gasteiger charge is -2.34. The molecule has 0 amide bonds. The first-order valence-corrected chi connectivity index (χ1v) is 12.5. The average Bonchev–Trinajstić information content (AvgIpc) is 3.41. The van der Waals surface area contributed by atoms with Crippen LogP contribution < -0.4 is 15.8 Å². The van der Waals surface area contributed by atoms with E-state index in [1.807, 2.05) is 12.1 Å². The van der Waals surface area contributed by atoms with Crippen LogP contribution in [0.3, 0.4) is 0 Å². The fraction of sp³-hybridized carbons (Fsp3) is 0.429. The average molecular weight is 475 g/mol. The lowest BCUT2D eigenvalue weighted by molar-refractivity contribution is -0.0385. The van der Waals surface area contributed by atoms with Gasteiger partial charge < -0.3 is 4.74 Å². The van der Waals surface area contributed by atoms with Crippen LogP contribution in [-0.2, 0) is 23.5 Å². The molecule has 0 radical (unpaired) electrons. The van der Waals surface area contributed by atoms with Crippen LogP contribution >= 0.6 is 34.7 Å². The molecule has 7 nitrogen and oxygen atoms in total. The number of aromatic nitrogens is 3. The molecule has 3 aliphatic rings. The Hall–Kier alpha value is -1.62. The van der Waals surface area contributed by atoms with Gasteiger partial charge in [0.2, 0.25) is 5.95 Å². The molecule has 2 unspecified atom stereocenters. The molecule has 3 aromatic rings. The highest BCUT2D eigenvalue weighted by Crippen LogP contribution is 2.49. The van der Waals surface area contributed by atoms with E-state index < -0.39 is 0 Å². The largest absolute Gasteiger partial charge is 0.370 e. The number of nitrogens with one attached hydrogen (secondary N) is 2. The molecule has 0 bridgehead atoms. The standard InChI is InChI=1S/C21H23ClN6OS2/c1-11-23-17-16-14-8-21(2,3)29-9-15(14)31-18(16)27-19(28(17)26-11)24-25-20(27)30-10-12-4-6-13(22)7-5-12/h4-7,11,17,23,26H,8-10H2,1-3H3. The van der Waals surface area contributed by atoms with Gasteiger partial charge in [0.05, 0.1) is 18.4 Å². The van der Waals surface area contributed by atoms with Crippen molar-refractivity contribution in [3.05, 3.63) is 50.9 Å². The summed E-state index contributed by atoms with van der Waals surface area (Å²) in [6.07, 6.45) is 1.10. The number of nitrogens with zero attached hydrogens (tertiary/aromatic N) is 4. The number of thiophene rings is 1.